The molecule has 5 nitrogen and oxygen atoms in total. The molecule has 0 bridgehead atoms. The molecular formula is C21H15NO4. The molecule has 2 aromatic heterocycles. The molecule has 0 atom stereocenters. The fourth-order valence-electron chi connectivity index (χ4n) is 2.71. The first-order valence-corrected chi connectivity index (χ1v) is 8.16. The predicted octanol–water partition coefficient (Wildman–Crippen LogP) is 3.98. The van der Waals surface area contributed by atoms with E-state index in [0.717, 1.165) is 11.3 Å². The maximum absolute atomic E-state index is 12.3. The molecule has 128 valence electrons. The van der Waals surface area contributed by atoms with Gasteiger partial charge in [0, 0.05) is 10.9 Å². The second-order valence-electron chi connectivity index (χ2n) is 5.80. The molecule has 1 N–H and O–H groups in total. The number of benzene rings is 2. The highest BCUT2D eigenvalue weighted by Crippen LogP contribution is 2.21. The molecule has 26 heavy (non-hydrogen) atoms. The second kappa shape index (κ2) is 6.72. The van der Waals surface area contributed by atoms with E-state index in [2.05, 4.69) is 5.32 Å². The fourth-order valence-corrected chi connectivity index (χ4v) is 2.71. The van der Waals surface area contributed by atoms with Crippen LogP contribution in [0, 0.1) is 0 Å². The summed E-state index contributed by atoms with van der Waals surface area (Å²) in [7, 11) is 0. The van der Waals surface area contributed by atoms with Gasteiger partial charge in [-0.2, -0.15) is 0 Å². The molecule has 0 aliphatic heterocycles. The Morgan fingerprint density at radius 1 is 0.885 bits per heavy atom. The number of fused-ring (bicyclic) bond motifs is 1. The third-order valence-electron chi connectivity index (χ3n) is 4.03. The Labute approximate surface area is 148 Å². The highest BCUT2D eigenvalue weighted by atomic mass is 16.4. The van der Waals surface area contributed by atoms with Gasteiger partial charge in [0.2, 0.25) is 0 Å². The number of carbonyl (C=O) groups is 1. The number of carbonyl (C=O) groups excluding carboxylic acids is 1. The van der Waals surface area contributed by atoms with E-state index < -0.39 is 11.5 Å². The molecule has 0 saturated heterocycles. The lowest BCUT2D eigenvalue weighted by Crippen LogP contribution is -2.27. The zero-order valence-corrected chi connectivity index (χ0v) is 13.8. The summed E-state index contributed by atoms with van der Waals surface area (Å²) in [6.45, 7) is 0.179. The molecule has 0 aliphatic carbocycles. The molecular weight excluding hydrogens is 330 g/mol. The summed E-state index contributed by atoms with van der Waals surface area (Å²) in [4.78, 5) is 24.4. The Balaban J connectivity index is 1.50. The van der Waals surface area contributed by atoms with Crippen molar-refractivity contribution in [2.75, 3.05) is 0 Å². The van der Waals surface area contributed by atoms with E-state index in [-0.39, 0.29) is 12.1 Å². The number of para-hydroxylation sites is 1. The van der Waals surface area contributed by atoms with Crippen molar-refractivity contribution in [3.63, 3.8) is 0 Å². The Morgan fingerprint density at radius 3 is 2.50 bits per heavy atom. The highest BCUT2D eigenvalue weighted by molar-refractivity contribution is 5.96. The fraction of sp³-hybridized carbons (Fsp3) is 0.0476. The van der Waals surface area contributed by atoms with Gasteiger partial charge in [-0.25, -0.2) is 4.79 Å². The van der Waals surface area contributed by atoms with Crippen molar-refractivity contribution < 1.29 is 13.6 Å². The number of hydrogen-bond acceptors (Lipinski definition) is 4. The van der Waals surface area contributed by atoms with E-state index >= 15 is 0 Å². The maximum Gasteiger partial charge on any atom is 0.349 e. The molecule has 2 aromatic carbocycles. The molecule has 5 heteroatoms. The summed E-state index contributed by atoms with van der Waals surface area (Å²) < 4.78 is 10.9. The van der Waals surface area contributed by atoms with Gasteiger partial charge in [-0.3, -0.25) is 4.79 Å². The molecule has 0 unspecified atom stereocenters. The molecule has 0 aliphatic rings. The minimum absolute atomic E-state index is 0.0291. The highest BCUT2D eigenvalue weighted by Gasteiger charge is 2.14. The smallest absolute Gasteiger partial charge is 0.349 e. The van der Waals surface area contributed by atoms with E-state index in [1.807, 2.05) is 42.5 Å². The third kappa shape index (κ3) is 3.15. The molecule has 4 aromatic rings. The zero-order valence-electron chi connectivity index (χ0n) is 13.8. The second-order valence-corrected chi connectivity index (χ2v) is 5.80. The van der Waals surface area contributed by atoms with Crippen LogP contribution in [0.4, 0.5) is 0 Å². The zero-order chi connectivity index (χ0) is 17.9. The van der Waals surface area contributed by atoms with E-state index in [1.54, 1.807) is 24.3 Å². The van der Waals surface area contributed by atoms with Crippen LogP contribution in [-0.2, 0) is 6.54 Å². The first-order valence-electron chi connectivity index (χ1n) is 8.16. The van der Waals surface area contributed by atoms with E-state index in [0.29, 0.717) is 16.7 Å². The molecule has 0 spiro atoms. The van der Waals surface area contributed by atoms with Gasteiger partial charge in [0.05, 0.1) is 6.54 Å². The third-order valence-corrected chi connectivity index (χ3v) is 4.03. The number of amides is 1. The van der Waals surface area contributed by atoms with Gasteiger partial charge >= 0.3 is 5.63 Å². The van der Waals surface area contributed by atoms with Crippen molar-refractivity contribution in [2.45, 2.75) is 6.54 Å². The quantitative estimate of drug-likeness (QED) is 0.568. The minimum Gasteiger partial charge on any atom is -0.459 e. The monoisotopic (exact) mass is 345 g/mol. The van der Waals surface area contributed by atoms with Gasteiger partial charge in [0.15, 0.2) is 0 Å². The van der Waals surface area contributed by atoms with Crippen LogP contribution in [0.1, 0.15) is 16.1 Å². The number of rotatable bonds is 4. The normalized spacial score (nSPS) is 10.8. The van der Waals surface area contributed by atoms with Gasteiger partial charge in [0.25, 0.3) is 5.91 Å². The van der Waals surface area contributed by atoms with Gasteiger partial charge < -0.3 is 14.2 Å². The van der Waals surface area contributed by atoms with Crippen molar-refractivity contribution in [3.8, 4) is 11.3 Å². The first-order chi connectivity index (χ1) is 12.7. The minimum atomic E-state index is -0.661. The maximum atomic E-state index is 12.3. The Hall–Kier alpha value is -3.60. The van der Waals surface area contributed by atoms with Crippen molar-refractivity contribution >= 4 is 16.9 Å². The van der Waals surface area contributed by atoms with Crippen LogP contribution >= 0.6 is 0 Å². The Morgan fingerprint density at radius 2 is 1.65 bits per heavy atom. The summed E-state index contributed by atoms with van der Waals surface area (Å²) in [6, 6.07) is 21.9. The standard InChI is InChI=1S/C21H15NO4/c23-20(17-12-15-8-4-5-9-18(15)26-21(17)24)22-13-16-10-11-19(25-16)14-6-2-1-3-7-14/h1-12H,13H2,(H,22,23). The van der Waals surface area contributed by atoms with Crippen LogP contribution in [-0.4, -0.2) is 5.91 Å². The van der Waals surface area contributed by atoms with Crippen LogP contribution < -0.4 is 10.9 Å². The SMILES string of the molecule is O=C(NCc1ccc(-c2ccccc2)o1)c1cc2ccccc2oc1=O. The van der Waals surface area contributed by atoms with Crippen LogP contribution in [0.15, 0.2) is 86.4 Å². The Kier molecular flexibility index (Phi) is 4.11. The average Bonchev–Trinajstić information content (AvgIpc) is 3.15. The van der Waals surface area contributed by atoms with E-state index in [4.69, 9.17) is 8.83 Å². The molecule has 0 saturated carbocycles. The van der Waals surface area contributed by atoms with Crippen molar-refractivity contribution in [1.29, 1.82) is 0 Å². The average molecular weight is 345 g/mol. The summed E-state index contributed by atoms with van der Waals surface area (Å²) in [5, 5.41) is 3.39. The predicted molar refractivity (Wildman–Crippen MR) is 97.8 cm³/mol. The van der Waals surface area contributed by atoms with E-state index in [1.165, 1.54) is 6.07 Å². The molecule has 0 fully saturated rings. The molecule has 1 amide bonds. The molecule has 0 radical (unpaired) electrons. The van der Waals surface area contributed by atoms with Gasteiger partial charge in [-0.1, -0.05) is 48.5 Å². The van der Waals surface area contributed by atoms with Gasteiger partial charge in [-0.15, -0.1) is 0 Å². The Bertz CT molecular complexity index is 1130. The lowest BCUT2D eigenvalue weighted by molar-refractivity contribution is 0.0944. The van der Waals surface area contributed by atoms with Crippen LogP contribution in [0.5, 0.6) is 0 Å². The summed E-state index contributed by atoms with van der Waals surface area (Å²) >= 11 is 0. The molecule has 2 heterocycles. The summed E-state index contributed by atoms with van der Waals surface area (Å²) in [5.41, 5.74) is 0.719. The lowest BCUT2D eigenvalue weighted by atomic mass is 10.2. The van der Waals surface area contributed by atoms with Crippen molar-refractivity contribution in [2.24, 2.45) is 0 Å². The number of hydrogen-bond donors (Lipinski definition) is 1. The lowest BCUT2D eigenvalue weighted by Gasteiger charge is -2.04. The number of nitrogens with one attached hydrogen (secondary N) is 1. The first kappa shape index (κ1) is 15.9. The van der Waals surface area contributed by atoms with Gasteiger partial charge in [0.1, 0.15) is 22.7 Å². The number of furan rings is 1. The van der Waals surface area contributed by atoms with Crippen LogP contribution in [0.2, 0.25) is 0 Å². The topological polar surface area (TPSA) is 72.5 Å². The van der Waals surface area contributed by atoms with Crippen molar-refractivity contribution in [3.05, 3.63) is 94.5 Å². The largest absolute Gasteiger partial charge is 0.459 e. The summed E-state index contributed by atoms with van der Waals surface area (Å²) in [6.07, 6.45) is 0. The van der Waals surface area contributed by atoms with Gasteiger partial charge in [-0.05, 0) is 24.3 Å². The van der Waals surface area contributed by atoms with Crippen LogP contribution in [0.25, 0.3) is 22.3 Å². The van der Waals surface area contributed by atoms with E-state index in [9.17, 15) is 9.59 Å². The summed E-state index contributed by atoms with van der Waals surface area (Å²) in [5.74, 6) is 0.824. The molecule has 4 rings (SSSR count). The van der Waals surface area contributed by atoms with Crippen molar-refractivity contribution in [1.82, 2.24) is 5.32 Å². The van der Waals surface area contributed by atoms with Crippen LogP contribution in [0.3, 0.4) is 0 Å².